The van der Waals surface area contributed by atoms with E-state index in [1.807, 2.05) is 12.1 Å². The van der Waals surface area contributed by atoms with Gasteiger partial charge in [0.15, 0.2) is 0 Å². The first kappa shape index (κ1) is 20.8. The molecule has 0 spiro atoms. The molecular formula is C22H28ClN5O2. The number of fused-ring (bicyclic) bond motifs is 2. The second-order valence-electron chi connectivity index (χ2n) is 9.17. The van der Waals surface area contributed by atoms with Gasteiger partial charge in [-0.05, 0) is 53.7 Å². The van der Waals surface area contributed by atoms with Crippen LogP contribution in [0.25, 0.3) is 0 Å². The Hall–Kier alpha value is -2.41. The monoisotopic (exact) mass is 429 g/mol. The maximum absolute atomic E-state index is 12.6. The van der Waals surface area contributed by atoms with E-state index in [0.717, 1.165) is 16.7 Å². The number of nitrogens with one attached hydrogen (secondary N) is 2. The Kier molecular flexibility index (Phi) is 5.57. The minimum atomic E-state index is -0.463. The summed E-state index contributed by atoms with van der Waals surface area (Å²) in [4.78, 5) is 28.8. The van der Waals surface area contributed by atoms with Crippen LogP contribution in [0.15, 0.2) is 35.5 Å². The van der Waals surface area contributed by atoms with Crippen LogP contribution in [-0.2, 0) is 17.9 Å². The molecule has 0 aromatic carbocycles. The van der Waals surface area contributed by atoms with Gasteiger partial charge < -0.3 is 10.6 Å². The molecule has 0 unspecified atom stereocenters. The van der Waals surface area contributed by atoms with Gasteiger partial charge in [-0.3, -0.25) is 14.6 Å². The van der Waals surface area contributed by atoms with E-state index in [9.17, 15) is 9.59 Å². The zero-order valence-corrected chi connectivity index (χ0v) is 18.3. The van der Waals surface area contributed by atoms with Crippen LogP contribution in [-0.4, -0.2) is 26.7 Å². The Morgan fingerprint density at radius 3 is 2.70 bits per heavy atom. The molecule has 30 heavy (non-hydrogen) atoms. The van der Waals surface area contributed by atoms with Crippen molar-refractivity contribution >= 4 is 23.2 Å². The Morgan fingerprint density at radius 1 is 1.30 bits per heavy atom. The molecule has 2 aromatic rings. The Morgan fingerprint density at radius 2 is 2.03 bits per heavy atom. The molecule has 2 aromatic heterocycles. The number of hydrogen-bond acceptors (Lipinski definition) is 5. The van der Waals surface area contributed by atoms with E-state index in [1.54, 1.807) is 18.6 Å². The zero-order chi connectivity index (χ0) is 21.5. The van der Waals surface area contributed by atoms with E-state index >= 15 is 0 Å². The van der Waals surface area contributed by atoms with E-state index in [1.165, 1.54) is 6.42 Å². The van der Waals surface area contributed by atoms with Crippen molar-refractivity contribution in [3.63, 3.8) is 0 Å². The highest BCUT2D eigenvalue weighted by atomic mass is 35.5. The molecule has 0 saturated heterocycles. The normalized spacial score (nSPS) is 26.5. The van der Waals surface area contributed by atoms with Gasteiger partial charge in [-0.2, -0.15) is 5.10 Å². The second kappa shape index (κ2) is 8.02. The van der Waals surface area contributed by atoms with Gasteiger partial charge in [0.05, 0.1) is 11.9 Å². The Balaban J connectivity index is 1.39. The molecule has 4 atom stereocenters. The van der Waals surface area contributed by atoms with Crippen LogP contribution in [0.1, 0.15) is 39.2 Å². The van der Waals surface area contributed by atoms with Gasteiger partial charge in [-0.1, -0.05) is 32.4 Å². The predicted molar refractivity (Wildman–Crippen MR) is 116 cm³/mol. The molecule has 2 N–H and O–H groups in total. The van der Waals surface area contributed by atoms with Crippen LogP contribution in [0.5, 0.6) is 0 Å². The average molecular weight is 430 g/mol. The van der Waals surface area contributed by atoms with Crippen molar-refractivity contribution in [2.24, 2.45) is 23.2 Å². The van der Waals surface area contributed by atoms with Gasteiger partial charge in [0.2, 0.25) is 5.91 Å². The standard InChI is InChI=1S/C22H28ClN5O2/c1-13-16-8-15(22(16,2)3)9-17(13)27-18-11-26-28(21(30)20(18)23)12-19(29)25-10-14-4-6-24-7-5-14/h4-7,11,13,15-17,27H,8-10,12H2,1-3H3,(H,25,29)/t13-,15-,16+,17-/m1/s1. The fourth-order valence-corrected chi connectivity index (χ4v) is 5.31. The lowest BCUT2D eigenvalue weighted by Gasteiger charge is -2.62. The number of halogens is 1. The SMILES string of the molecule is C[C@H]1[C@H](Nc2cnn(CC(=O)NCc3ccncc3)c(=O)c2Cl)C[C@H]2C[C@@H]1C2(C)C. The number of carbonyl (C=O) groups is 1. The van der Waals surface area contributed by atoms with Gasteiger partial charge in [0, 0.05) is 25.0 Å². The maximum atomic E-state index is 12.6. The molecule has 2 heterocycles. The largest absolute Gasteiger partial charge is 0.379 e. The van der Waals surface area contributed by atoms with Gasteiger partial charge in [0.25, 0.3) is 5.56 Å². The number of carbonyl (C=O) groups excluding carboxylic acids is 1. The van der Waals surface area contributed by atoms with Gasteiger partial charge >= 0.3 is 0 Å². The van der Waals surface area contributed by atoms with Gasteiger partial charge in [-0.25, -0.2) is 4.68 Å². The molecule has 8 heteroatoms. The summed E-state index contributed by atoms with van der Waals surface area (Å²) < 4.78 is 1.10. The van der Waals surface area contributed by atoms with Crippen LogP contribution in [0, 0.1) is 23.2 Å². The summed E-state index contributed by atoms with van der Waals surface area (Å²) in [7, 11) is 0. The summed E-state index contributed by atoms with van der Waals surface area (Å²) >= 11 is 6.35. The summed E-state index contributed by atoms with van der Waals surface area (Å²) in [5, 5.41) is 10.5. The molecular weight excluding hydrogens is 402 g/mol. The summed E-state index contributed by atoms with van der Waals surface area (Å²) in [6, 6.07) is 3.92. The molecule has 7 nitrogen and oxygen atoms in total. The zero-order valence-electron chi connectivity index (χ0n) is 17.6. The minimum Gasteiger partial charge on any atom is -0.379 e. The van der Waals surface area contributed by atoms with E-state index in [0.29, 0.717) is 35.4 Å². The second-order valence-corrected chi connectivity index (χ2v) is 9.55. The first-order chi connectivity index (χ1) is 14.3. The lowest BCUT2D eigenvalue weighted by molar-refractivity contribution is -0.122. The highest BCUT2D eigenvalue weighted by molar-refractivity contribution is 6.32. The van der Waals surface area contributed by atoms with Crippen molar-refractivity contribution in [1.29, 1.82) is 0 Å². The molecule has 3 aliphatic carbocycles. The Labute approximate surface area is 181 Å². The molecule has 0 aliphatic heterocycles. The number of anilines is 1. The molecule has 3 aliphatic rings. The Bertz CT molecular complexity index is 991. The number of hydrogen-bond donors (Lipinski definition) is 2. The van der Waals surface area contributed by atoms with Crippen LogP contribution in [0.2, 0.25) is 5.02 Å². The van der Waals surface area contributed by atoms with Crippen LogP contribution < -0.4 is 16.2 Å². The van der Waals surface area contributed by atoms with Crippen molar-refractivity contribution in [2.45, 2.75) is 52.7 Å². The lowest BCUT2D eigenvalue weighted by Crippen LogP contribution is -2.58. The third-order valence-corrected chi connectivity index (χ3v) is 7.58. The molecule has 5 rings (SSSR count). The molecule has 3 fully saturated rings. The highest BCUT2D eigenvalue weighted by Gasteiger charge is 2.56. The predicted octanol–water partition coefficient (Wildman–Crippen LogP) is 3.09. The summed E-state index contributed by atoms with van der Waals surface area (Å²) in [5.41, 5.74) is 1.41. The lowest BCUT2D eigenvalue weighted by atomic mass is 9.45. The topological polar surface area (TPSA) is 88.9 Å². The fourth-order valence-electron chi connectivity index (χ4n) is 5.11. The minimum absolute atomic E-state index is 0.0811. The number of nitrogens with zero attached hydrogens (tertiary/aromatic N) is 3. The quantitative estimate of drug-likeness (QED) is 0.736. The molecule has 3 saturated carbocycles. The smallest absolute Gasteiger partial charge is 0.288 e. The van der Waals surface area contributed by atoms with Gasteiger partial charge in [-0.15, -0.1) is 0 Å². The van der Waals surface area contributed by atoms with E-state index in [4.69, 9.17) is 11.6 Å². The average Bonchev–Trinajstić information content (AvgIpc) is 2.73. The number of rotatable bonds is 6. The van der Waals surface area contributed by atoms with Crippen LogP contribution >= 0.6 is 11.6 Å². The number of aromatic nitrogens is 3. The summed E-state index contributed by atoms with van der Waals surface area (Å²) in [6.45, 7) is 7.17. The van der Waals surface area contributed by atoms with Crippen LogP contribution in [0.3, 0.4) is 0 Å². The first-order valence-electron chi connectivity index (χ1n) is 10.4. The first-order valence-corrected chi connectivity index (χ1v) is 10.8. The maximum Gasteiger partial charge on any atom is 0.288 e. The van der Waals surface area contributed by atoms with Crippen molar-refractivity contribution in [2.75, 3.05) is 5.32 Å². The van der Waals surface area contributed by atoms with Crippen molar-refractivity contribution < 1.29 is 4.79 Å². The number of amides is 1. The molecule has 160 valence electrons. The molecule has 1 amide bonds. The highest BCUT2D eigenvalue weighted by Crippen LogP contribution is 2.61. The van der Waals surface area contributed by atoms with Crippen molar-refractivity contribution in [1.82, 2.24) is 20.1 Å². The van der Waals surface area contributed by atoms with Gasteiger partial charge in [0.1, 0.15) is 11.6 Å². The summed E-state index contributed by atoms with van der Waals surface area (Å²) in [5.74, 6) is 1.58. The van der Waals surface area contributed by atoms with Crippen molar-refractivity contribution in [3.05, 3.63) is 51.7 Å². The van der Waals surface area contributed by atoms with Crippen LogP contribution in [0.4, 0.5) is 5.69 Å². The third kappa shape index (κ3) is 3.83. The van der Waals surface area contributed by atoms with E-state index in [-0.39, 0.29) is 23.5 Å². The third-order valence-electron chi connectivity index (χ3n) is 7.21. The van der Waals surface area contributed by atoms with Crippen molar-refractivity contribution in [3.8, 4) is 0 Å². The molecule has 0 radical (unpaired) electrons. The fraction of sp³-hybridized carbons (Fsp3) is 0.545. The summed E-state index contributed by atoms with van der Waals surface area (Å²) in [6.07, 6.45) is 7.24. The van der Waals surface area contributed by atoms with E-state index in [2.05, 4.69) is 41.5 Å². The van der Waals surface area contributed by atoms with E-state index < -0.39 is 5.56 Å². The molecule has 2 bridgehead atoms. The number of pyridine rings is 1.